The first-order valence-electron chi connectivity index (χ1n) is 6.09. The third-order valence-corrected chi connectivity index (χ3v) is 3.52. The van der Waals surface area contributed by atoms with Crippen LogP contribution in [-0.2, 0) is 0 Å². The van der Waals surface area contributed by atoms with Gasteiger partial charge in [0.05, 0.1) is 6.20 Å². The summed E-state index contributed by atoms with van der Waals surface area (Å²) in [5, 5.41) is 3.66. The van der Waals surface area contributed by atoms with Crippen LogP contribution < -0.4 is 5.73 Å². The fourth-order valence-electron chi connectivity index (χ4n) is 2.53. The van der Waals surface area contributed by atoms with Crippen molar-refractivity contribution in [2.24, 2.45) is 5.73 Å². The van der Waals surface area contributed by atoms with E-state index >= 15 is 0 Å². The molecule has 94 valence electrons. The number of aryl methyl sites for hydroxylation is 1. The van der Waals surface area contributed by atoms with E-state index in [9.17, 15) is 4.79 Å². The summed E-state index contributed by atoms with van der Waals surface area (Å²) in [6, 6.07) is 0.375. The molecule has 1 aliphatic rings. The minimum Gasteiger partial charge on any atom is -0.361 e. The van der Waals surface area contributed by atoms with Crippen molar-refractivity contribution in [3.8, 4) is 0 Å². The van der Waals surface area contributed by atoms with Crippen LogP contribution in [0.3, 0.4) is 0 Å². The summed E-state index contributed by atoms with van der Waals surface area (Å²) in [4.78, 5) is 14.3. The molecule has 2 heterocycles. The molecule has 1 aromatic heterocycles. The van der Waals surface area contributed by atoms with Gasteiger partial charge in [-0.05, 0) is 33.1 Å². The van der Waals surface area contributed by atoms with Crippen molar-refractivity contribution in [1.82, 2.24) is 10.1 Å². The van der Waals surface area contributed by atoms with Crippen LogP contribution in [0.25, 0.3) is 0 Å². The Hall–Kier alpha value is -1.36. The zero-order valence-corrected chi connectivity index (χ0v) is 10.3. The molecule has 0 aromatic carbocycles. The summed E-state index contributed by atoms with van der Waals surface area (Å²) >= 11 is 0. The number of rotatable bonds is 2. The van der Waals surface area contributed by atoms with Gasteiger partial charge in [0, 0.05) is 18.6 Å². The third-order valence-electron chi connectivity index (χ3n) is 3.52. The molecule has 1 amide bonds. The molecule has 1 aromatic rings. The lowest BCUT2D eigenvalue weighted by Crippen LogP contribution is -2.51. The number of carbonyl (C=O) groups excluding carboxylic acids is 1. The number of hydrogen-bond acceptors (Lipinski definition) is 4. The Balaban J connectivity index is 2.24. The monoisotopic (exact) mass is 237 g/mol. The van der Waals surface area contributed by atoms with E-state index in [-0.39, 0.29) is 18.0 Å². The number of nitrogens with zero attached hydrogens (tertiary/aromatic N) is 2. The molecule has 0 spiro atoms. The standard InChI is InChI=1S/C12H19N3O2/c1-8-4-3-5-10(6-13)15(8)12(16)11-7-14-17-9(11)2/h7-8,10H,3-6,13H2,1-2H3. The predicted octanol–water partition coefficient (Wildman–Crippen LogP) is 1.32. The fourth-order valence-corrected chi connectivity index (χ4v) is 2.53. The van der Waals surface area contributed by atoms with Crippen molar-refractivity contribution in [2.45, 2.75) is 45.2 Å². The number of amides is 1. The molecule has 2 N–H and O–H groups in total. The first-order chi connectivity index (χ1) is 8.15. The normalized spacial score (nSPS) is 25.0. The first-order valence-corrected chi connectivity index (χ1v) is 6.09. The fraction of sp³-hybridized carbons (Fsp3) is 0.667. The molecular weight excluding hydrogens is 218 g/mol. The zero-order chi connectivity index (χ0) is 12.4. The summed E-state index contributed by atoms with van der Waals surface area (Å²) in [6.07, 6.45) is 4.64. The Morgan fingerprint density at radius 3 is 3.00 bits per heavy atom. The maximum Gasteiger partial charge on any atom is 0.259 e. The van der Waals surface area contributed by atoms with Crippen LogP contribution >= 0.6 is 0 Å². The van der Waals surface area contributed by atoms with E-state index in [1.54, 1.807) is 6.92 Å². The van der Waals surface area contributed by atoms with Gasteiger partial charge < -0.3 is 15.2 Å². The Morgan fingerprint density at radius 1 is 1.65 bits per heavy atom. The molecular formula is C12H19N3O2. The van der Waals surface area contributed by atoms with Crippen molar-refractivity contribution >= 4 is 5.91 Å². The Bertz CT molecular complexity index is 402. The molecule has 1 saturated heterocycles. The molecule has 2 atom stereocenters. The van der Waals surface area contributed by atoms with E-state index in [0.29, 0.717) is 17.9 Å². The largest absolute Gasteiger partial charge is 0.361 e. The number of carbonyl (C=O) groups is 1. The maximum absolute atomic E-state index is 12.4. The minimum atomic E-state index is -0.00796. The lowest BCUT2D eigenvalue weighted by Gasteiger charge is -2.40. The minimum absolute atomic E-state index is 0.00796. The number of aromatic nitrogens is 1. The SMILES string of the molecule is Cc1oncc1C(=O)N1C(C)CCCC1CN. The van der Waals surface area contributed by atoms with Crippen LogP contribution in [0.15, 0.2) is 10.7 Å². The summed E-state index contributed by atoms with van der Waals surface area (Å²) in [5.41, 5.74) is 6.31. The van der Waals surface area contributed by atoms with Gasteiger partial charge in [0.25, 0.3) is 5.91 Å². The second-order valence-corrected chi connectivity index (χ2v) is 4.68. The van der Waals surface area contributed by atoms with Crippen LogP contribution in [-0.4, -0.2) is 34.6 Å². The van der Waals surface area contributed by atoms with Gasteiger partial charge in [-0.1, -0.05) is 5.16 Å². The highest BCUT2D eigenvalue weighted by molar-refractivity contribution is 5.95. The van der Waals surface area contributed by atoms with E-state index in [0.717, 1.165) is 19.3 Å². The van der Waals surface area contributed by atoms with Gasteiger partial charge in [-0.25, -0.2) is 0 Å². The maximum atomic E-state index is 12.4. The van der Waals surface area contributed by atoms with Gasteiger partial charge in [-0.2, -0.15) is 0 Å². The molecule has 1 fully saturated rings. The molecule has 1 aliphatic heterocycles. The predicted molar refractivity (Wildman–Crippen MR) is 63.6 cm³/mol. The summed E-state index contributed by atoms with van der Waals surface area (Å²) in [6.45, 7) is 4.34. The first kappa shape index (κ1) is 12.1. The molecule has 0 saturated carbocycles. The topological polar surface area (TPSA) is 72.4 Å². The Morgan fingerprint density at radius 2 is 2.41 bits per heavy atom. The molecule has 2 rings (SSSR count). The third kappa shape index (κ3) is 2.20. The van der Waals surface area contributed by atoms with Crippen LogP contribution in [0.4, 0.5) is 0 Å². The number of likely N-dealkylation sites (tertiary alicyclic amines) is 1. The highest BCUT2D eigenvalue weighted by Crippen LogP contribution is 2.25. The number of nitrogens with two attached hydrogens (primary N) is 1. The second kappa shape index (κ2) is 4.87. The second-order valence-electron chi connectivity index (χ2n) is 4.68. The smallest absolute Gasteiger partial charge is 0.259 e. The molecule has 0 aliphatic carbocycles. The molecule has 2 unspecified atom stereocenters. The highest BCUT2D eigenvalue weighted by Gasteiger charge is 2.32. The lowest BCUT2D eigenvalue weighted by molar-refractivity contribution is 0.0492. The average Bonchev–Trinajstić information content (AvgIpc) is 2.74. The van der Waals surface area contributed by atoms with Crippen LogP contribution in [0.5, 0.6) is 0 Å². The molecule has 17 heavy (non-hydrogen) atoms. The van der Waals surface area contributed by atoms with E-state index in [4.69, 9.17) is 10.3 Å². The van der Waals surface area contributed by atoms with Crippen LogP contribution in [0, 0.1) is 6.92 Å². The quantitative estimate of drug-likeness (QED) is 0.842. The molecule has 5 heteroatoms. The van der Waals surface area contributed by atoms with Gasteiger partial charge in [0.1, 0.15) is 11.3 Å². The van der Waals surface area contributed by atoms with Gasteiger partial charge >= 0.3 is 0 Å². The number of hydrogen-bond donors (Lipinski definition) is 1. The van der Waals surface area contributed by atoms with Gasteiger partial charge in [0.2, 0.25) is 0 Å². The lowest BCUT2D eigenvalue weighted by atomic mass is 9.95. The van der Waals surface area contributed by atoms with E-state index in [1.165, 1.54) is 6.20 Å². The van der Waals surface area contributed by atoms with E-state index in [1.807, 2.05) is 4.90 Å². The molecule has 0 bridgehead atoms. The van der Waals surface area contributed by atoms with Crippen molar-refractivity contribution in [1.29, 1.82) is 0 Å². The summed E-state index contributed by atoms with van der Waals surface area (Å²) in [7, 11) is 0. The molecule has 0 radical (unpaired) electrons. The zero-order valence-electron chi connectivity index (χ0n) is 10.3. The van der Waals surface area contributed by atoms with Crippen molar-refractivity contribution < 1.29 is 9.32 Å². The van der Waals surface area contributed by atoms with Gasteiger partial charge in [0.15, 0.2) is 0 Å². The van der Waals surface area contributed by atoms with E-state index in [2.05, 4.69) is 12.1 Å². The van der Waals surface area contributed by atoms with Crippen LogP contribution in [0.1, 0.15) is 42.3 Å². The Kier molecular flexibility index (Phi) is 3.47. The summed E-state index contributed by atoms with van der Waals surface area (Å²) < 4.78 is 4.95. The molecule has 5 nitrogen and oxygen atoms in total. The average molecular weight is 237 g/mol. The van der Waals surface area contributed by atoms with Crippen LogP contribution in [0.2, 0.25) is 0 Å². The van der Waals surface area contributed by atoms with Crippen molar-refractivity contribution in [3.05, 3.63) is 17.5 Å². The van der Waals surface area contributed by atoms with E-state index < -0.39 is 0 Å². The summed E-state index contributed by atoms with van der Waals surface area (Å²) in [5.74, 6) is 0.565. The van der Waals surface area contributed by atoms with Gasteiger partial charge in [-0.3, -0.25) is 4.79 Å². The van der Waals surface area contributed by atoms with Crippen molar-refractivity contribution in [2.75, 3.05) is 6.54 Å². The highest BCUT2D eigenvalue weighted by atomic mass is 16.5. The number of piperidine rings is 1. The Labute approximate surface area is 101 Å². The van der Waals surface area contributed by atoms with Gasteiger partial charge in [-0.15, -0.1) is 0 Å². The van der Waals surface area contributed by atoms with Crippen molar-refractivity contribution in [3.63, 3.8) is 0 Å².